The molecular formula is C22H17Cl3N2O3S. The van der Waals surface area contributed by atoms with Crippen LogP contribution in [-0.2, 0) is 10.0 Å². The maximum Gasteiger partial charge on any atom is 0.264 e. The van der Waals surface area contributed by atoms with E-state index in [0.29, 0.717) is 21.4 Å². The third kappa shape index (κ3) is 5.40. The fourth-order valence-electron chi connectivity index (χ4n) is 2.76. The Labute approximate surface area is 195 Å². The summed E-state index contributed by atoms with van der Waals surface area (Å²) in [6.07, 6.45) is 1.47. The van der Waals surface area contributed by atoms with Gasteiger partial charge in [0.15, 0.2) is 0 Å². The molecule has 3 aromatic rings. The number of hydrogen-bond donors (Lipinski definition) is 1. The Morgan fingerprint density at radius 2 is 1.52 bits per heavy atom. The van der Waals surface area contributed by atoms with E-state index in [1.165, 1.54) is 28.6 Å². The summed E-state index contributed by atoms with van der Waals surface area (Å²) in [4.78, 5) is 12.6. The lowest BCUT2D eigenvalue weighted by atomic mass is 10.2. The molecule has 0 spiro atoms. The molecule has 5 nitrogen and oxygen atoms in total. The van der Waals surface area contributed by atoms with Crippen molar-refractivity contribution in [3.63, 3.8) is 0 Å². The summed E-state index contributed by atoms with van der Waals surface area (Å²) >= 11 is 18.0. The lowest BCUT2D eigenvalue weighted by Crippen LogP contribution is -2.31. The number of carbonyl (C=O) groups is 1. The fourth-order valence-corrected chi connectivity index (χ4v) is 4.68. The van der Waals surface area contributed by atoms with Crippen LogP contribution in [0.4, 0.5) is 11.4 Å². The van der Waals surface area contributed by atoms with Crippen LogP contribution >= 0.6 is 34.8 Å². The zero-order valence-electron chi connectivity index (χ0n) is 16.1. The monoisotopic (exact) mass is 494 g/mol. The average Bonchev–Trinajstić information content (AvgIpc) is 2.74. The number of carbonyl (C=O) groups excluding carboxylic acids is 1. The van der Waals surface area contributed by atoms with Crippen molar-refractivity contribution in [1.82, 2.24) is 0 Å². The van der Waals surface area contributed by atoms with Crippen LogP contribution in [-0.4, -0.2) is 20.9 Å². The van der Waals surface area contributed by atoms with Crippen molar-refractivity contribution in [2.45, 2.75) is 4.90 Å². The van der Waals surface area contributed by atoms with E-state index in [4.69, 9.17) is 34.8 Å². The Morgan fingerprint density at radius 3 is 2.10 bits per heavy atom. The Hall–Kier alpha value is -2.51. The van der Waals surface area contributed by atoms with Crippen LogP contribution in [0, 0.1) is 0 Å². The van der Waals surface area contributed by atoms with E-state index >= 15 is 0 Å². The summed E-state index contributed by atoms with van der Waals surface area (Å²) in [5, 5.41) is 3.79. The van der Waals surface area contributed by atoms with Crippen molar-refractivity contribution >= 4 is 62.1 Å². The van der Waals surface area contributed by atoms with Gasteiger partial charge in [0, 0.05) is 15.7 Å². The summed E-state index contributed by atoms with van der Waals surface area (Å²) in [5.74, 6) is -0.550. The van der Waals surface area contributed by atoms with E-state index in [2.05, 4.69) is 11.9 Å². The van der Waals surface area contributed by atoms with Gasteiger partial charge in [0.05, 0.1) is 27.7 Å². The molecule has 0 radical (unpaired) electrons. The Kier molecular flexibility index (Phi) is 7.28. The van der Waals surface area contributed by atoms with Crippen LogP contribution in [0.25, 0.3) is 0 Å². The van der Waals surface area contributed by atoms with Crippen molar-refractivity contribution < 1.29 is 13.2 Å². The number of hydrogen-bond acceptors (Lipinski definition) is 3. The van der Waals surface area contributed by atoms with E-state index in [9.17, 15) is 13.2 Å². The Bertz CT molecular complexity index is 1210. The normalized spacial score (nSPS) is 11.1. The summed E-state index contributed by atoms with van der Waals surface area (Å²) in [7, 11) is -4.02. The number of halogens is 3. The van der Waals surface area contributed by atoms with Crippen LogP contribution in [0.2, 0.25) is 15.1 Å². The standard InChI is InChI=1S/C22H17Cl3N2O3S/c1-2-13-27(18-9-5-16(24)6-10-18)31(29,30)19-11-12-21(25)20(14-19)22(28)26-17-7-3-15(23)4-8-17/h2-12,14H,1,13H2,(H,26,28). The van der Waals surface area contributed by atoms with Crippen molar-refractivity contribution in [2.75, 3.05) is 16.2 Å². The van der Waals surface area contributed by atoms with Crippen molar-refractivity contribution in [1.29, 1.82) is 0 Å². The highest BCUT2D eigenvalue weighted by atomic mass is 35.5. The van der Waals surface area contributed by atoms with Gasteiger partial charge in [-0.15, -0.1) is 6.58 Å². The molecule has 3 rings (SSSR count). The predicted octanol–water partition coefficient (Wildman–Crippen LogP) is 6.28. The number of rotatable bonds is 7. The smallest absolute Gasteiger partial charge is 0.264 e. The molecule has 0 aliphatic carbocycles. The van der Waals surface area contributed by atoms with Crippen molar-refractivity contribution in [3.8, 4) is 0 Å². The Morgan fingerprint density at radius 1 is 0.935 bits per heavy atom. The first-order chi connectivity index (χ1) is 14.7. The second-order valence-corrected chi connectivity index (χ2v) is 9.55. The number of nitrogens with one attached hydrogen (secondary N) is 1. The SMILES string of the molecule is C=CCN(c1ccc(Cl)cc1)S(=O)(=O)c1ccc(Cl)c(C(=O)Nc2ccc(Cl)cc2)c1. The van der Waals surface area contributed by atoms with E-state index in [1.54, 1.807) is 48.5 Å². The fraction of sp³-hybridized carbons (Fsp3) is 0.0455. The topological polar surface area (TPSA) is 66.5 Å². The molecule has 160 valence electrons. The molecule has 0 saturated carbocycles. The van der Waals surface area contributed by atoms with Gasteiger partial charge < -0.3 is 5.32 Å². The highest BCUT2D eigenvalue weighted by molar-refractivity contribution is 7.92. The van der Waals surface area contributed by atoms with Gasteiger partial charge in [-0.05, 0) is 66.7 Å². The van der Waals surface area contributed by atoms with E-state index in [-0.39, 0.29) is 22.0 Å². The summed E-state index contributed by atoms with van der Waals surface area (Å²) in [6, 6.07) is 16.8. The van der Waals surface area contributed by atoms with Crippen LogP contribution in [0.1, 0.15) is 10.4 Å². The zero-order chi connectivity index (χ0) is 22.6. The molecule has 0 fully saturated rings. The molecule has 1 N–H and O–H groups in total. The average molecular weight is 496 g/mol. The summed E-state index contributed by atoms with van der Waals surface area (Å²) in [6.45, 7) is 3.66. The largest absolute Gasteiger partial charge is 0.322 e. The molecular weight excluding hydrogens is 479 g/mol. The number of anilines is 2. The maximum absolute atomic E-state index is 13.3. The minimum absolute atomic E-state index is 0.0207. The molecule has 0 aliphatic heterocycles. The van der Waals surface area contributed by atoms with Gasteiger partial charge in [-0.3, -0.25) is 9.10 Å². The van der Waals surface area contributed by atoms with Gasteiger partial charge in [0.1, 0.15) is 0 Å². The van der Waals surface area contributed by atoms with Gasteiger partial charge in [-0.2, -0.15) is 0 Å². The Balaban J connectivity index is 1.97. The van der Waals surface area contributed by atoms with Crippen LogP contribution in [0.15, 0.2) is 84.3 Å². The number of sulfonamides is 1. The van der Waals surface area contributed by atoms with Crippen LogP contribution < -0.4 is 9.62 Å². The van der Waals surface area contributed by atoms with Gasteiger partial charge in [-0.25, -0.2) is 8.42 Å². The highest BCUT2D eigenvalue weighted by Gasteiger charge is 2.26. The summed E-state index contributed by atoms with van der Waals surface area (Å²) < 4.78 is 27.9. The van der Waals surface area contributed by atoms with Gasteiger partial charge in [0.25, 0.3) is 15.9 Å². The van der Waals surface area contributed by atoms with E-state index < -0.39 is 15.9 Å². The van der Waals surface area contributed by atoms with Gasteiger partial charge in [0.2, 0.25) is 0 Å². The number of benzene rings is 3. The summed E-state index contributed by atoms with van der Waals surface area (Å²) in [5.41, 5.74) is 0.923. The molecule has 31 heavy (non-hydrogen) atoms. The third-order valence-electron chi connectivity index (χ3n) is 4.28. The first-order valence-electron chi connectivity index (χ1n) is 8.98. The van der Waals surface area contributed by atoms with Crippen LogP contribution in [0.3, 0.4) is 0 Å². The molecule has 0 heterocycles. The first kappa shape index (κ1) is 23.2. The molecule has 0 aliphatic rings. The van der Waals surface area contributed by atoms with Gasteiger partial charge >= 0.3 is 0 Å². The van der Waals surface area contributed by atoms with Crippen molar-refractivity contribution in [3.05, 3.63) is 100 Å². The van der Waals surface area contributed by atoms with Crippen LogP contribution in [0.5, 0.6) is 0 Å². The molecule has 9 heteroatoms. The number of amides is 1. The minimum atomic E-state index is -4.02. The maximum atomic E-state index is 13.3. The quantitative estimate of drug-likeness (QED) is 0.392. The number of nitrogens with zero attached hydrogens (tertiary/aromatic N) is 1. The van der Waals surface area contributed by atoms with E-state index in [0.717, 1.165) is 0 Å². The molecule has 1 amide bonds. The first-order valence-corrected chi connectivity index (χ1v) is 11.6. The lowest BCUT2D eigenvalue weighted by molar-refractivity contribution is 0.102. The molecule has 0 saturated heterocycles. The minimum Gasteiger partial charge on any atom is -0.322 e. The molecule has 0 bridgehead atoms. The second-order valence-electron chi connectivity index (χ2n) is 6.40. The van der Waals surface area contributed by atoms with E-state index in [1.807, 2.05) is 0 Å². The zero-order valence-corrected chi connectivity index (χ0v) is 19.1. The van der Waals surface area contributed by atoms with Crippen molar-refractivity contribution in [2.24, 2.45) is 0 Å². The lowest BCUT2D eigenvalue weighted by Gasteiger charge is -2.23. The molecule has 0 atom stereocenters. The molecule has 0 unspecified atom stereocenters. The molecule has 0 aromatic heterocycles. The second kappa shape index (κ2) is 9.75. The predicted molar refractivity (Wildman–Crippen MR) is 127 cm³/mol. The molecule has 3 aromatic carbocycles. The van der Waals surface area contributed by atoms with Gasteiger partial charge in [-0.1, -0.05) is 40.9 Å². The highest BCUT2D eigenvalue weighted by Crippen LogP contribution is 2.28. The third-order valence-corrected chi connectivity index (χ3v) is 6.91.